The summed E-state index contributed by atoms with van der Waals surface area (Å²) >= 11 is 5.65. The summed E-state index contributed by atoms with van der Waals surface area (Å²) in [5, 5.41) is 8.44. The molecule has 1 heterocycles. The second-order valence-electron chi connectivity index (χ2n) is 3.05. The summed E-state index contributed by atoms with van der Waals surface area (Å²) in [5.41, 5.74) is 4.90. The fourth-order valence-corrected chi connectivity index (χ4v) is 1.45. The minimum Gasteiger partial charge on any atom is -0.481 e. The molecule has 1 rings (SSSR count). The molecule has 0 aliphatic heterocycles. The standard InChI is InChI=1S/C9H9ClF2N2O2/c10-8-4(2-7(15)16)1-5(9(11)12)6(3-13)14-8/h1,9H,2-3,13H2,(H,15,16). The number of nitrogens with zero attached hydrogens (tertiary/aromatic N) is 1. The fraction of sp³-hybridized carbons (Fsp3) is 0.333. The highest BCUT2D eigenvalue weighted by molar-refractivity contribution is 6.30. The molecule has 0 amide bonds. The Morgan fingerprint density at radius 2 is 2.25 bits per heavy atom. The van der Waals surface area contributed by atoms with Crippen LogP contribution in [0.2, 0.25) is 5.15 Å². The van der Waals surface area contributed by atoms with Crippen molar-refractivity contribution in [3.63, 3.8) is 0 Å². The number of aliphatic carboxylic acids is 1. The van der Waals surface area contributed by atoms with Crippen molar-refractivity contribution in [1.29, 1.82) is 0 Å². The van der Waals surface area contributed by atoms with E-state index in [1.165, 1.54) is 0 Å². The Kier molecular flexibility index (Phi) is 4.14. The zero-order valence-corrected chi connectivity index (χ0v) is 8.84. The largest absolute Gasteiger partial charge is 0.481 e. The summed E-state index contributed by atoms with van der Waals surface area (Å²) in [4.78, 5) is 14.1. The van der Waals surface area contributed by atoms with Crippen LogP contribution in [0.15, 0.2) is 6.07 Å². The fourth-order valence-electron chi connectivity index (χ4n) is 1.22. The van der Waals surface area contributed by atoms with Crippen LogP contribution >= 0.6 is 11.6 Å². The molecule has 0 bridgehead atoms. The number of alkyl halides is 2. The number of nitrogens with two attached hydrogens (primary N) is 1. The second kappa shape index (κ2) is 5.18. The van der Waals surface area contributed by atoms with E-state index in [0.717, 1.165) is 6.07 Å². The maximum Gasteiger partial charge on any atom is 0.307 e. The molecular formula is C9H9ClF2N2O2. The first-order chi connectivity index (χ1) is 7.45. The number of aromatic nitrogens is 1. The molecular weight excluding hydrogens is 242 g/mol. The highest BCUT2D eigenvalue weighted by Crippen LogP contribution is 2.26. The van der Waals surface area contributed by atoms with Crippen molar-refractivity contribution in [2.24, 2.45) is 5.73 Å². The van der Waals surface area contributed by atoms with Crippen molar-refractivity contribution in [3.8, 4) is 0 Å². The van der Waals surface area contributed by atoms with Crippen molar-refractivity contribution in [3.05, 3.63) is 28.0 Å². The minimum atomic E-state index is -2.75. The molecule has 0 aliphatic rings. The normalized spacial score (nSPS) is 10.8. The first-order valence-electron chi connectivity index (χ1n) is 4.34. The van der Waals surface area contributed by atoms with Crippen molar-refractivity contribution in [2.45, 2.75) is 19.4 Å². The Morgan fingerprint density at radius 3 is 2.69 bits per heavy atom. The van der Waals surface area contributed by atoms with Crippen LogP contribution in [0.3, 0.4) is 0 Å². The number of carbonyl (C=O) groups is 1. The van der Waals surface area contributed by atoms with Crippen LogP contribution in [-0.4, -0.2) is 16.1 Å². The van der Waals surface area contributed by atoms with Gasteiger partial charge >= 0.3 is 5.97 Å². The van der Waals surface area contributed by atoms with Crippen LogP contribution in [0.4, 0.5) is 8.78 Å². The Hall–Kier alpha value is -1.27. The molecule has 0 fully saturated rings. The van der Waals surface area contributed by atoms with Gasteiger partial charge in [-0.15, -0.1) is 0 Å². The summed E-state index contributed by atoms with van der Waals surface area (Å²) in [6, 6.07) is 1.04. The molecule has 1 aromatic rings. The average molecular weight is 251 g/mol. The summed E-state index contributed by atoms with van der Waals surface area (Å²) in [6.45, 7) is -0.174. The van der Waals surface area contributed by atoms with Gasteiger partial charge in [-0.3, -0.25) is 4.79 Å². The van der Waals surface area contributed by atoms with Gasteiger partial charge in [0, 0.05) is 17.7 Å². The molecule has 0 saturated carbocycles. The molecule has 0 aliphatic carbocycles. The number of hydrogen-bond acceptors (Lipinski definition) is 3. The summed E-state index contributed by atoms with van der Waals surface area (Å²) in [7, 11) is 0. The van der Waals surface area contributed by atoms with Gasteiger partial charge in [-0.1, -0.05) is 11.6 Å². The lowest BCUT2D eigenvalue weighted by Crippen LogP contribution is -2.09. The monoisotopic (exact) mass is 250 g/mol. The van der Waals surface area contributed by atoms with Gasteiger partial charge in [0.2, 0.25) is 0 Å². The lowest BCUT2D eigenvalue weighted by atomic mass is 10.1. The van der Waals surface area contributed by atoms with Gasteiger partial charge in [0.05, 0.1) is 12.1 Å². The number of hydrogen-bond donors (Lipinski definition) is 2. The lowest BCUT2D eigenvalue weighted by molar-refractivity contribution is -0.136. The van der Waals surface area contributed by atoms with E-state index in [1.54, 1.807) is 0 Å². The molecule has 0 aromatic carbocycles. The molecule has 7 heteroatoms. The molecule has 0 saturated heterocycles. The first kappa shape index (κ1) is 12.8. The molecule has 1 aromatic heterocycles. The number of rotatable bonds is 4. The van der Waals surface area contributed by atoms with E-state index >= 15 is 0 Å². The molecule has 0 spiro atoms. The van der Waals surface area contributed by atoms with E-state index in [2.05, 4.69) is 4.98 Å². The summed E-state index contributed by atoms with van der Waals surface area (Å²) < 4.78 is 25.2. The van der Waals surface area contributed by atoms with Gasteiger partial charge in [0.1, 0.15) is 5.15 Å². The zero-order valence-electron chi connectivity index (χ0n) is 8.08. The van der Waals surface area contributed by atoms with Crippen LogP contribution in [0.5, 0.6) is 0 Å². The predicted molar refractivity (Wildman–Crippen MR) is 53.4 cm³/mol. The lowest BCUT2D eigenvalue weighted by Gasteiger charge is -2.09. The smallest absolute Gasteiger partial charge is 0.307 e. The van der Waals surface area contributed by atoms with Gasteiger partial charge in [-0.2, -0.15) is 0 Å². The quantitative estimate of drug-likeness (QED) is 0.799. The molecule has 0 atom stereocenters. The van der Waals surface area contributed by atoms with E-state index in [-0.39, 0.29) is 28.5 Å². The highest BCUT2D eigenvalue weighted by Gasteiger charge is 2.18. The van der Waals surface area contributed by atoms with Gasteiger partial charge < -0.3 is 10.8 Å². The molecule has 88 valence electrons. The number of carboxylic acid groups (broad SMARTS) is 1. The number of carboxylic acids is 1. The average Bonchev–Trinajstić information content (AvgIpc) is 2.19. The number of halogens is 3. The Balaban J connectivity index is 3.21. The molecule has 16 heavy (non-hydrogen) atoms. The molecule has 4 nitrogen and oxygen atoms in total. The molecule has 0 unspecified atom stereocenters. The maximum absolute atomic E-state index is 12.6. The van der Waals surface area contributed by atoms with Crippen LogP contribution in [-0.2, 0) is 17.8 Å². The third kappa shape index (κ3) is 2.86. The third-order valence-electron chi connectivity index (χ3n) is 1.93. The van der Waals surface area contributed by atoms with E-state index in [0.29, 0.717) is 0 Å². The van der Waals surface area contributed by atoms with Crippen molar-refractivity contribution < 1.29 is 18.7 Å². The van der Waals surface area contributed by atoms with Crippen LogP contribution in [0, 0.1) is 0 Å². The van der Waals surface area contributed by atoms with E-state index in [9.17, 15) is 13.6 Å². The van der Waals surface area contributed by atoms with Crippen molar-refractivity contribution >= 4 is 17.6 Å². The number of pyridine rings is 1. The van der Waals surface area contributed by atoms with E-state index in [1.807, 2.05) is 0 Å². The second-order valence-corrected chi connectivity index (χ2v) is 3.41. The summed E-state index contributed by atoms with van der Waals surface area (Å²) in [6.07, 6.45) is -3.20. The van der Waals surface area contributed by atoms with Gasteiger partial charge in [-0.25, -0.2) is 13.8 Å². The van der Waals surface area contributed by atoms with E-state index in [4.69, 9.17) is 22.4 Å². The Morgan fingerprint density at radius 1 is 1.62 bits per heavy atom. The molecule has 3 N–H and O–H groups in total. The third-order valence-corrected chi connectivity index (χ3v) is 2.26. The van der Waals surface area contributed by atoms with Crippen LogP contribution in [0.25, 0.3) is 0 Å². The van der Waals surface area contributed by atoms with Crippen LogP contribution in [0.1, 0.15) is 23.2 Å². The first-order valence-corrected chi connectivity index (χ1v) is 4.71. The zero-order chi connectivity index (χ0) is 12.3. The topological polar surface area (TPSA) is 76.2 Å². The highest BCUT2D eigenvalue weighted by atomic mass is 35.5. The SMILES string of the molecule is NCc1nc(Cl)c(CC(=O)O)cc1C(F)F. The van der Waals surface area contributed by atoms with Gasteiger partial charge in [-0.05, 0) is 6.07 Å². The van der Waals surface area contributed by atoms with Crippen molar-refractivity contribution in [1.82, 2.24) is 4.98 Å². The van der Waals surface area contributed by atoms with Crippen molar-refractivity contribution in [2.75, 3.05) is 0 Å². The Bertz CT molecular complexity index is 413. The van der Waals surface area contributed by atoms with Gasteiger partial charge in [0.25, 0.3) is 6.43 Å². The minimum absolute atomic E-state index is 0.0193. The predicted octanol–water partition coefficient (Wildman–Crippen LogP) is 1.76. The summed E-state index contributed by atoms with van der Waals surface area (Å²) in [5.74, 6) is -1.16. The van der Waals surface area contributed by atoms with Crippen LogP contribution < -0.4 is 5.73 Å². The van der Waals surface area contributed by atoms with E-state index < -0.39 is 18.8 Å². The Labute approximate surface area is 95.0 Å². The van der Waals surface area contributed by atoms with Gasteiger partial charge in [0.15, 0.2) is 0 Å². The molecule has 0 radical (unpaired) electrons. The maximum atomic E-state index is 12.6.